The number of nitrogens with zero attached hydrogens (tertiary/aromatic N) is 2. The number of aryl methyl sites for hydroxylation is 1. The summed E-state index contributed by atoms with van der Waals surface area (Å²) in [6.07, 6.45) is 1.52. The van der Waals surface area contributed by atoms with Crippen LogP contribution in [0.3, 0.4) is 0 Å². The van der Waals surface area contributed by atoms with Gasteiger partial charge >= 0.3 is 0 Å². The Morgan fingerprint density at radius 3 is 2.71 bits per heavy atom. The molecule has 0 bridgehead atoms. The second kappa shape index (κ2) is 6.99. The highest BCUT2D eigenvalue weighted by Gasteiger charge is 2.05. The monoisotopic (exact) mass is 308 g/mol. The highest BCUT2D eigenvalue weighted by Crippen LogP contribution is 2.16. The Hall–Kier alpha value is -2.21. The maximum Gasteiger partial charge on any atom is 0.251 e. The van der Waals surface area contributed by atoms with E-state index in [1.807, 2.05) is 0 Å². The number of benzene rings is 1. The van der Waals surface area contributed by atoms with Crippen LogP contribution in [-0.4, -0.2) is 29.0 Å². The molecule has 1 heterocycles. The van der Waals surface area contributed by atoms with Crippen molar-refractivity contribution in [2.24, 2.45) is 0 Å². The molecule has 0 aliphatic carbocycles. The minimum atomic E-state index is -0.373. The number of halogens is 2. The Kier molecular flexibility index (Phi) is 5.05. The normalized spacial score (nSPS) is 10.2. The molecule has 1 aromatic heterocycles. The highest BCUT2D eigenvalue weighted by molar-refractivity contribution is 6.32. The zero-order valence-electron chi connectivity index (χ0n) is 11.4. The lowest BCUT2D eigenvalue weighted by Gasteiger charge is -2.09. The number of nitrogens with one attached hydrogen (secondary N) is 2. The Morgan fingerprint density at radius 1 is 1.29 bits per heavy atom. The number of hydrogen-bond acceptors (Lipinski definition) is 4. The van der Waals surface area contributed by atoms with E-state index in [-0.39, 0.29) is 11.7 Å². The van der Waals surface area contributed by atoms with Crippen LogP contribution in [0.15, 0.2) is 30.5 Å². The van der Waals surface area contributed by atoms with Gasteiger partial charge in [-0.05, 0) is 31.2 Å². The standard InChI is InChI=1S/C14H14ClFN4O/c1-9-19-8-12(15)13(20-9)17-6-7-18-14(21)10-2-4-11(16)5-3-10/h2-5,8H,6-7H2,1H3,(H,18,21)(H,17,19,20). The van der Waals surface area contributed by atoms with Crippen LogP contribution in [0.4, 0.5) is 10.2 Å². The van der Waals surface area contributed by atoms with E-state index in [1.54, 1.807) is 6.92 Å². The van der Waals surface area contributed by atoms with Crippen LogP contribution in [0.2, 0.25) is 5.02 Å². The molecule has 0 unspecified atom stereocenters. The fourth-order valence-corrected chi connectivity index (χ4v) is 1.80. The van der Waals surface area contributed by atoms with Gasteiger partial charge in [-0.1, -0.05) is 11.6 Å². The molecular formula is C14H14ClFN4O. The molecule has 0 aliphatic rings. The Labute approximate surface area is 126 Å². The molecule has 2 N–H and O–H groups in total. The first kappa shape index (κ1) is 15.2. The van der Waals surface area contributed by atoms with Gasteiger partial charge in [-0.25, -0.2) is 14.4 Å². The molecule has 2 rings (SSSR count). The number of carbonyl (C=O) groups excluding carboxylic acids is 1. The van der Waals surface area contributed by atoms with E-state index in [2.05, 4.69) is 20.6 Å². The summed E-state index contributed by atoms with van der Waals surface area (Å²) in [5.74, 6) is 0.501. The molecule has 0 fully saturated rings. The summed E-state index contributed by atoms with van der Waals surface area (Å²) in [5.41, 5.74) is 0.410. The first-order chi connectivity index (χ1) is 10.1. The minimum absolute atomic E-state index is 0.262. The molecule has 0 saturated carbocycles. The van der Waals surface area contributed by atoms with Crippen LogP contribution in [0.1, 0.15) is 16.2 Å². The van der Waals surface area contributed by atoms with Crippen molar-refractivity contribution < 1.29 is 9.18 Å². The zero-order valence-corrected chi connectivity index (χ0v) is 12.1. The quantitative estimate of drug-likeness (QED) is 0.833. The molecule has 7 heteroatoms. The number of anilines is 1. The van der Waals surface area contributed by atoms with Gasteiger partial charge in [-0.3, -0.25) is 4.79 Å². The van der Waals surface area contributed by atoms with Gasteiger partial charge in [0.2, 0.25) is 0 Å². The smallest absolute Gasteiger partial charge is 0.251 e. The zero-order chi connectivity index (χ0) is 15.2. The number of hydrogen-bond donors (Lipinski definition) is 2. The molecule has 110 valence electrons. The molecule has 0 spiro atoms. The number of carbonyl (C=O) groups is 1. The van der Waals surface area contributed by atoms with Gasteiger partial charge in [-0.15, -0.1) is 0 Å². The number of rotatable bonds is 5. The van der Waals surface area contributed by atoms with Crippen LogP contribution in [-0.2, 0) is 0 Å². The van der Waals surface area contributed by atoms with E-state index in [1.165, 1.54) is 30.5 Å². The molecule has 0 radical (unpaired) electrons. The van der Waals surface area contributed by atoms with E-state index in [0.717, 1.165) is 0 Å². The van der Waals surface area contributed by atoms with Crippen molar-refractivity contribution in [3.8, 4) is 0 Å². The predicted octanol–water partition coefficient (Wildman–Crippen LogP) is 2.42. The van der Waals surface area contributed by atoms with Gasteiger partial charge in [0.1, 0.15) is 22.5 Å². The van der Waals surface area contributed by atoms with Crippen molar-refractivity contribution >= 4 is 23.3 Å². The van der Waals surface area contributed by atoms with Gasteiger partial charge in [0, 0.05) is 18.7 Å². The SMILES string of the molecule is Cc1ncc(Cl)c(NCCNC(=O)c2ccc(F)cc2)n1. The second-order valence-electron chi connectivity index (χ2n) is 4.30. The summed E-state index contributed by atoms with van der Waals surface area (Å²) in [6.45, 7) is 2.61. The Bertz CT molecular complexity index is 633. The topological polar surface area (TPSA) is 66.9 Å². The fraction of sp³-hybridized carbons (Fsp3) is 0.214. The minimum Gasteiger partial charge on any atom is -0.367 e. The summed E-state index contributed by atoms with van der Waals surface area (Å²) >= 11 is 5.94. The number of amides is 1. The third-order valence-electron chi connectivity index (χ3n) is 2.67. The Balaban J connectivity index is 1.80. The van der Waals surface area contributed by atoms with Crippen LogP contribution < -0.4 is 10.6 Å². The lowest BCUT2D eigenvalue weighted by molar-refractivity contribution is 0.0955. The average Bonchev–Trinajstić information content (AvgIpc) is 2.47. The third-order valence-corrected chi connectivity index (χ3v) is 2.95. The summed E-state index contributed by atoms with van der Waals surface area (Å²) in [4.78, 5) is 19.9. The first-order valence-corrected chi connectivity index (χ1v) is 6.71. The van der Waals surface area contributed by atoms with Gasteiger partial charge in [0.05, 0.1) is 6.20 Å². The van der Waals surface area contributed by atoms with Crippen LogP contribution in [0, 0.1) is 12.7 Å². The third kappa shape index (κ3) is 4.39. The maximum absolute atomic E-state index is 12.7. The van der Waals surface area contributed by atoms with E-state index in [9.17, 15) is 9.18 Å². The van der Waals surface area contributed by atoms with Crippen molar-refractivity contribution in [3.63, 3.8) is 0 Å². The summed E-state index contributed by atoms with van der Waals surface area (Å²) < 4.78 is 12.7. The molecule has 1 aromatic carbocycles. The Morgan fingerprint density at radius 2 is 2.00 bits per heavy atom. The van der Waals surface area contributed by atoms with Crippen LogP contribution in [0.5, 0.6) is 0 Å². The largest absolute Gasteiger partial charge is 0.367 e. The van der Waals surface area contributed by atoms with Crippen molar-refractivity contribution in [1.29, 1.82) is 0 Å². The molecule has 0 atom stereocenters. The molecule has 21 heavy (non-hydrogen) atoms. The predicted molar refractivity (Wildman–Crippen MR) is 79.0 cm³/mol. The molecule has 0 saturated heterocycles. The number of aromatic nitrogens is 2. The van der Waals surface area contributed by atoms with Crippen molar-refractivity contribution in [2.75, 3.05) is 18.4 Å². The lowest BCUT2D eigenvalue weighted by atomic mass is 10.2. The van der Waals surface area contributed by atoms with E-state index < -0.39 is 0 Å². The summed E-state index contributed by atoms with van der Waals surface area (Å²) in [7, 11) is 0. The van der Waals surface area contributed by atoms with E-state index in [4.69, 9.17) is 11.6 Å². The van der Waals surface area contributed by atoms with Crippen LogP contribution in [0.25, 0.3) is 0 Å². The van der Waals surface area contributed by atoms with Crippen molar-refractivity contribution in [2.45, 2.75) is 6.92 Å². The maximum atomic E-state index is 12.7. The van der Waals surface area contributed by atoms with Crippen molar-refractivity contribution in [1.82, 2.24) is 15.3 Å². The molecular weight excluding hydrogens is 295 g/mol. The molecule has 5 nitrogen and oxygen atoms in total. The average molecular weight is 309 g/mol. The van der Waals surface area contributed by atoms with E-state index in [0.29, 0.717) is 35.3 Å². The lowest BCUT2D eigenvalue weighted by Crippen LogP contribution is -2.29. The van der Waals surface area contributed by atoms with E-state index >= 15 is 0 Å². The summed E-state index contributed by atoms with van der Waals surface area (Å²) in [5, 5.41) is 6.15. The molecule has 0 aliphatic heterocycles. The molecule has 2 aromatic rings. The van der Waals surface area contributed by atoms with Crippen LogP contribution >= 0.6 is 11.6 Å². The van der Waals surface area contributed by atoms with Gasteiger partial charge in [0.15, 0.2) is 0 Å². The first-order valence-electron chi connectivity index (χ1n) is 6.33. The fourth-order valence-electron chi connectivity index (χ4n) is 1.64. The van der Waals surface area contributed by atoms with Gasteiger partial charge < -0.3 is 10.6 Å². The second-order valence-corrected chi connectivity index (χ2v) is 4.71. The van der Waals surface area contributed by atoms with Gasteiger partial charge in [0.25, 0.3) is 5.91 Å². The van der Waals surface area contributed by atoms with Gasteiger partial charge in [-0.2, -0.15) is 0 Å². The molecule has 1 amide bonds. The summed E-state index contributed by atoms with van der Waals surface area (Å²) in [6, 6.07) is 5.36. The highest BCUT2D eigenvalue weighted by atomic mass is 35.5. The van der Waals surface area contributed by atoms with Crippen molar-refractivity contribution in [3.05, 3.63) is 52.7 Å².